The molecule has 0 bridgehead atoms. The number of likely N-dealkylation sites (tertiary alicyclic amines) is 1. The average molecular weight is 333 g/mol. The molecule has 0 aromatic carbocycles. The van der Waals surface area contributed by atoms with Crippen LogP contribution in [0, 0.1) is 12.8 Å². The van der Waals surface area contributed by atoms with Crippen molar-refractivity contribution in [3.8, 4) is 0 Å². The molecule has 1 aromatic rings. The van der Waals surface area contributed by atoms with Crippen molar-refractivity contribution in [1.82, 2.24) is 15.2 Å². The van der Waals surface area contributed by atoms with E-state index in [4.69, 9.17) is 0 Å². The molecule has 1 saturated heterocycles. The maximum Gasteiger partial charge on any atom is 0.268 e. The van der Waals surface area contributed by atoms with Gasteiger partial charge < -0.3 is 15.2 Å². The summed E-state index contributed by atoms with van der Waals surface area (Å²) >= 11 is 0. The molecule has 2 N–H and O–H groups in total. The number of carbonyl (C=O) groups is 3. The Kier molecular flexibility index (Phi) is 5.80. The minimum absolute atomic E-state index is 0.0147. The van der Waals surface area contributed by atoms with Gasteiger partial charge in [-0.15, -0.1) is 0 Å². The summed E-state index contributed by atoms with van der Waals surface area (Å²) in [6, 6.07) is 0. The number of hydrogen-bond acceptors (Lipinski definition) is 3. The zero-order valence-corrected chi connectivity index (χ0v) is 15.0. The highest BCUT2D eigenvalue weighted by molar-refractivity contribution is 6.02. The van der Waals surface area contributed by atoms with Gasteiger partial charge in [0.05, 0.1) is 0 Å². The first-order chi connectivity index (χ1) is 11.3. The van der Waals surface area contributed by atoms with E-state index in [1.165, 1.54) is 6.92 Å². The maximum atomic E-state index is 12.6. The Hall–Kier alpha value is -2.11. The van der Waals surface area contributed by atoms with Crippen LogP contribution in [0.5, 0.6) is 0 Å². The van der Waals surface area contributed by atoms with E-state index in [1.807, 2.05) is 18.7 Å². The number of carbonyl (C=O) groups excluding carboxylic acids is 3. The second-order valence-electron chi connectivity index (χ2n) is 6.61. The minimum Gasteiger partial charge on any atom is -0.354 e. The number of aryl methyl sites for hydroxylation is 1. The van der Waals surface area contributed by atoms with Crippen molar-refractivity contribution in [2.75, 3.05) is 19.6 Å². The van der Waals surface area contributed by atoms with Gasteiger partial charge in [-0.2, -0.15) is 0 Å². The molecule has 2 amide bonds. The zero-order valence-electron chi connectivity index (χ0n) is 15.0. The molecule has 6 heteroatoms. The largest absolute Gasteiger partial charge is 0.354 e. The van der Waals surface area contributed by atoms with Crippen LogP contribution in [0.3, 0.4) is 0 Å². The first kappa shape index (κ1) is 18.2. The molecule has 2 rings (SSSR count). The number of aromatic amines is 1. The molecule has 24 heavy (non-hydrogen) atoms. The normalized spacial score (nSPS) is 17.2. The Morgan fingerprint density at radius 3 is 2.54 bits per heavy atom. The third-order valence-corrected chi connectivity index (χ3v) is 4.65. The lowest BCUT2D eigenvalue weighted by molar-refractivity contribution is -0.127. The molecule has 6 nitrogen and oxygen atoms in total. The molecule has 1 unspecified atom stereocenters. The number of nitrogens with one attached hydrogen (secondary N) is 2. The second kappa shape index (κ2) is 7.64. The summed E-state index contributed by atoms with van der Waals surface area (Å²) in [5, 5.41) is 2.96. The lowest BCUT2D eigenvalue weighted by Gasteiger charge is -2.14. The van der Waals surface area contributed by atoms with Gasteiger partial charge in [0.15, 0.2) is 5.78 Å². The summed E-state index contributed by atoms with van der Waals surface area (Å²) in [7, 11) is 0. The molecule has 0 spiro atoms. The van der Waals surface area contributed by atoms with Crippen LogP contribution in [0.4, 0.5) is 0 Å². The van der Waals surface area contributed by atoms with Crippen LogP contribution in [0.15, 0.2) is 0 Å². The Balaban J connectivity index is 2.06. The van der Waals surface area contributed by atoms with Crippen LogP contribution in [0.2, 0.25) is 0 Å². The number of aromatic nitrogens is 1. The van der Waals surface area contributed by atoms with Crippen molar-refractivity contribution >= 4 is 17.6 Å². The van der Waals surface area contributed by atoms with Crippen LogP contribution in [0.1, 0.15) is 65.7 Å². The van der Waals surface area contributed by atoms with E-state index in [2.05, 4.69) is 10.3 Å². The lowest BCUT2D eigenvalue weighted by Crippen LogP contribution is -2.32. The van der Waals surface area contributed by atoms with Crippen molar-refractivity contribution in [3.05, 3.63) is 22.5 Å². The number of amides is 2. The SMILES string of the molecule is CCCc1c(C(=O)NCC2CCN(C(C)=O)C2)[nH]c(C)c1C(C)=O. The lowest BCUT2D eigenvalue weighted by atomic mass is 10.0. The van der Waals surface area contributed by atoms with E-state index in [0.717, 1.165) is 30.6 Å². The van der Waals surface area contributed by atoms with Crippen LogP contribution in [-0.4, -0.2) is 47.1 Å². The number of rotatable bonds is 6. The van der Waals surface area contributed by atoms with E-state index >= 15 is 0 Å². The van der Waals surface area contributed by atoms with Gasteiger partial charge in [-0.25, -0.2) is 0 Å². The first-order valence-corrected chi connectivity index (χ1v) is 8.61. The summed E-state index contributed by atoms with van der Waals surface area (Å²) < 4.78 is 0. The smallest absolute Gasteiger partial charge is 0.268 e. The Bertz CT molecular complexity index is 648. The highest BCUT2D eigenvalue weighted by atomic mass is 16.2. The number of ketones is 1. The first-order valence-electron chi connectivity index (χ1n) is 8.61. The van der Waals surface area contributed by atoms with E-state index in [0.29, 0.717) is 30.8 Å². The molecule has 1 aromatic heterocycles. The molecule has 0 aliphatic carbocycles. The third kappa shape index (κ3) is 3.86. The summed E-state index contributed by atoms with van der Waals surface area (Å²) in [6.07, 6.45) is 2.47. The van der Waals surface area contributed by atoms with Crippen molar-refractivity contribution < 1.29 is 14.4 Å². The van der Waals surface area contributed by atoms with Gasteiger partial charge in [0.1, 0.15) is 5.69 Å². The highest BCUT2D eigenvalue weighted by Gasteiger charge is 2.26. The van der Waals surface area contributed by atoms with Crippen LogP contribution in [-0.2, 0) is 11.2 Å². The Morgan fingerprint density at radius 2 is 2.00 bits per heavy atom. The molecule has 1 aliphatic rings. The summed E-state index contributed by atoms with van der Waals surface area (Å²) in [5.41, 5.74) is 2.71. The van der Waals surface area contributed by atoms with Crippen molar-refractivity contribution in [3.63, 3.8) is 0 Å². The van der Waals surface area contributed by atoms with Crippen LogP contribution >= 0.6 is 0 Å². The van der Waals surface area contributed by atoms with E-state index in [9.17, 15) is 14.4 Å². The van der Waals surface area contributed by atoms with Crippen molar-refractivity contribution in [1.29, 1.82) is 0 Å². The number of hydrogen-bond donors (Lipinski definition) is 2. The fourth-order valence-corrected chi connectivity index (χ4v) is 3.46. The molecule has 1 atom stereocenters. The maximum absolute atomic E-state index is 12.6. The fraction of sp³-hybridized carbons (Fsp3) is 0.611. The van der Waals surface area contributed by atoms with Gasteiger partial charge in [-0.1, -0.05) is 13.3 Å². The van der Waals surface area contributed by atoms with Crippen LogP contribution in [0.25, 0.3) is 0 Å². The molecule has 0 saturated carbocycles. The van der Waals surface area contributed by atoms with E-state index in [1.54, 1.807) is 6.92 Å². The number of H-pyrrole nitrogens is 1. The molecule has 132 valence electrons. The zero-order chi connectivity index (χ0) is 17.9. The van der Waals surface area contributed by atoms with E-state index in [-0.39, 0.29) is 23.5 Å². The third-order valence-electron chi connectivity index (χ3n) is 4.65. The summed E-state index contributed by atoms with van der Waals surface area (Å²) in [6.45, 7) is 8.96. The monoisotopic (exact) mass is 333 g/mol. The van der Waals surface area contributed by atoms with Crippen molar-refractivity contribution in [2.45, 2.75) is 47.0 Å². The van der Waals surface area contributed by atoms with E-state index < -0.39 is 0 Å². The number of Topliss-reactive ketones (excluding diaryl/α,β-unsaturated/α-hetero) is 1. The van der Waals surface area contributed by atoms with Gasteiger partial charge >= 0.3 is 0 Å². The summed E-state index contributed by atoms with van der Waals surface area (Å²) in [4.78, 5) is 40.7. The molecular formula is C18H27N3O3. The van der Waals surface area contributed by atoms with Crippen molar-refractivity contribution in [2.24, 2.45) is 5.92 Å². The minimum atomic E-state index is -0.171. The van der Waals surface area contributed by atoms with Gasteiger partial charge in [-0.3, -0.25) is 14.4 Å². The predicted molar refractivity (Wildman–Crippen MR) is 92.2 cm³/mol. The Labute approximate surface area is 143 Å². The summed E-state index contributed by atoms with van der Waals surface area (Å²) in [5.74, 6) is 0.186. The standard InChI is InChI=1S/C18H27N3O3/c1-5-6-15-16(12(3)22)11(2)20-17(15)18(24)19-9-14-7-8-21(10-14)13(4)23/h14,20H,5-10H2,1-4H3,(H,19,24). The molecule has 2 heterocycles. The highest BCUT2D eigenvalue weighted by Crippen LogP contribution is 2.22. The van der Waals surface area contributed by atoms with Gasteiger partial charge in [0, 0.05) is 37.8 Å². The molecular weight excluding hydrogens is 306 g/mol. The van der Waals surface area contributed by atoms with Crippen LogP contribution < -0.4 is 5.32 Å². The number of nitrogens with zero attached hydrogens (tertiary/aromatic N) is 1. The van der Waals surface area contributed by atoms with Gasteiger partial charge in [-0.05, 0) is 38.2 Å². The predicted octanol–water partition coefficient (Wildman–Crippen LogP) is 2.08. The molecule has 0 radical (unpaired) electrons. The second-order valence-corrected chi connectivity index (χ2v) is 6.61. The fourth-order valence-electron chi connectivity index (χ4n) is 3.46. The Morgan fingerprint density at radius 1 is 1.29 bits per heavy atom. The molecule has 1 fully saturated rings. The topological polar surface area (TPSA) is 82.3 Å². The van der Waals surface area contributed by atoms with Gasteiger partial charge in [0.2, 0.25) is 5.91 Å². The van der Waals surface area contributed by atoms with Gasteiger partial charge in [0.25, 0.3) is 5.91 Å². The quantitative estimate of drug-likeness (QED) is 0.782. The average Bonchev–Trinajstić information content (AvgIpc) is 3.10. The molecule has 1 aliphatic heterocycles.